The summed E-state index contributed by atoms with van der Waals surface area (Å²) in [6.45, 7) is 21.4. The number of hydrogen-bond acceptors (Lipinski definition) is 3. The molecule has 111 heavy (non-hydrogen) atoms. The molecule has 0 atom stereocenters. The molecule has 17 rings (SSSR count). The standard InChI is InChI=1S/C108H117NO2/c1-10-14-18-22-26-39-59-107(60-40-27-23-19-15-11-2)91-57-58-99-102(84-47-35-37-49-97(84)110-99)101(91)90-71-94-89(70-95(90)107)82-55-53-79(68-93(82)108(94,61-41-28-24-20-16-12-3)62-42-29-25-21-17-13-4)109(104-73(6)63-72(5)64-74(104)7)78-54-56-83-92(67-78)106(8,9)96-69-88(105-103(100(83)96)85-48-36-38-50-98(85)111-105)77-52-51-76-65-86(75-43-31-30-32-44-75)80-45-33-34-46-81(80)87(76)66-77/h30-38,43-58,63-71H,10-29,39-42,59-62H2,1-9H3. The third-order valence-electron chi connectivity index (χ3n) is 27.1. The first-order chi connectivity index (χ1) is 54.4. The summed E-state index contributed by atoms with van der Waals surface area (Å²) in [6, 6.07) is 80.6. The topological polar surface area (TPSA) is 29.5 Å². The van der Waals surface area contributed by atoms with Crippen molar-refractivity contribution in [2.24, 2.45) is 0 Å². The summed E-state index contributed by atoms with van der Waals surface area (Å²) in [5.74, 6) is 0. The second kappa shape index (κ2) is 31.6. The minimum Gasteiger partial charge on any atom is -0.456 e. The van der Waals surface area contributed by atoms with Gasteiger partial charge < -0.3 is 13.7 Å². The third kappa shape index (κ3) is 13.2. The summed E-state index contributed by atoms with van der Waals surface area (Å²) >= 11 is 0. The van der Waals surface area contributed by atoms with Gasteiger partial charge in [0.1, 0.15) is 22.3 Å². The van der Waals surface area contributed by atoms with Crippen molar-refractivity contribution in [3.05, 3.63) is 256 Å². The van der Waals surface area contributed by atoms with Gasteiger partial charge in [0.25, 0.3) is 0 Å². The number of rotatable bonds is 33. The second-order valence-corrected chi connectivity index (χ2v) is 34.7. The fraction of sp³-hybridized carbons (Fsp3) is 0.370. The first-order valence-electron chi connectivity index (χ1n) is 43.7. The van der Waals surface area contributed by atoms with Crippen molar-refractivity contribution < 1.29 is 8.83 Å². The lowest BCUT2D eigenvalue weighted by Gasteiger charge is -2.35. The highest BCUT2D eigenvalue weighted by molar-refractivity contribution is 6.21. The molecule has 0 amide bonds. The molecule has 3 heteroatoms. The zero-order valence-corrected chi connectivity index (χ0v) is 68.2. The van der Waals surface area contributed by atoms with E-state index >= 15 is 0 Å². The fourth-order valence-electron chi connectivity index (χ4n) is 21.6. The minimum absolute atomic E-state index is 0.110. The number of nitrogens with zero attached hydrogens (tertiary/aromatic N) is 1. The summed E-state index contributed by atoms with van der Waals surface area (Å²) in [7, 11) is 0. The van der Waals surface area contributed by atoms with E-state index in [1.54, 1.807) is 22.3 Å². The average Bonchev–Trinajstić information content (AvgIpc) is 1.53. The van der Waals surface area contributed by atoms with E-state index in [9.17, 15) is 0 Å². The van der Waals surface area contributed by atoms with Crippen molar-refractivity contribution in [1.29, 1.82) is 0 Å². The largest absolute Gasteiger partial charge is 0.456 e. The molecule has 3 nitrogen and oxygen atoms in total. The maximum atomic E-state index is 7.23. The Bertz CT molecular complexity index is 5710. The van der Waals surface area contributed by atoms with Crippen LogP contribution in [0.1, 0.15) is 271 Å². The van der Waals surface area contributed by atoms with Gasteiger partial charge in [-0.1, -0.05) is 335 Å². The number of aryl methyl sites for hydroxylation is 3. The Balaban J connectivity index is 0.850. The van der Waals surface area contributed by atoms with Crippen LogP contribution < -0.4 is 4.90 Å². The van der Waals surface area contributed by atoms with Crippen LogP contribution in [-0.4, -0.2) is 0 Å². The Morgan fingerprint density at radius 2 is 0.775 bits per heavy atom. The van der Waals surface area contributed by atoms with E-state index < -0.39 is 0 Å². The van der Waals surface area contributed by atoms with Crippen LogP contribution in [0.4, 0.5) is 17.1 Å². The molecule has 14 aromatic rings. The van der Waals surface area contributed by atoms with E-state index in [0.717, 1.165) is 51.7 Å². The molecular weight excluding hydrogens is 1340 g/mol. The highest BCUT2D eigenvalue weighted by atomic mass is 16.3. The van der Waals surface area contributed by atoms with Crippen molar-refractivity contribution in [2.75, 3.05) is 4.90 Å². The van der Waals surface area contributed by atoms with Gasteiger partial charge in [0.15, 0.2) is 0 Å². The maximum absolute atomic E-state index is 7.23. The molecule has 0 saturated carbocycles. The van der Waals surface area contributed by atoms with E-state index in [-0.39, 0.29) is 16.2 Å². The van der Waals surface area contributed by atoms with Crippen LogP contribution in [0.25, 0.3) is 121 Å². The van der Waals surface area contributed by atoms with E-state index in [1.807, 2.05) is 0 Å². The number of unbranched alkanes of at least 4 members (excludes halogenated alkanes) is 20. The van der Waals surface area contributed by atoms with Crippen molar-refractivity contribution in [3.63, 3.8) is 0 Å². The van der Waals surface area contributed by atoms with Crippen LogP contribution in [0.5, 0.6) is 0 Å². The highest BCUT2D eigenvalue weighted by Gasteiger charge is 2.49. The minimum atomic E-state index is -0.380. The van der Waals surface area contributed by atoms with Gasteiger partial charge in [-0.05, 0) is 235 Å². The van der Waals surface area contributed by atoms with Crippen molar-refractivity contribution >= 4 is 82.5 Å². The van der Waals surface area contributed by atoms with Crippen LogP contribution >= 0.6 is 0 Å². The number of hydrogen-bond donors (Lipinski definition) is 0. The van der Waals surface area contributed by atoms with Crippen molar-refractivity contribution in [3.8, 4) is 55.6 Å². The molecule has 0 spiro atoms. The average molecular weight is 1460 g/mol. The molecule has 0 unspecified atom stereocenters. The van der Waals surface area contributed by atoms with E-state index in [1.165, 1.54) is 294 Å². The Morgan fingerprint density at radius 3 is 1.39 bits per heavy atom. The summed E-state index contributed by atoms with van der Waals surface area (Å²) in [4.78, 5) is 2.70. The molecule has 0 radical (unpaired) electrons. The summed E-state index contributed by atoms with van der Waals surface area (Å²) in [5.41, 5.74) is 33.1. The molecule has 0 fully saturated rings. The molecule has 3 aliphatic carbocycles. The van der Waals surface area contributed by atoms with Crippen LogP contribution in [0.3, 0.4) is 0 Å². The predicted molar refractivity (Wildman–Crippen MR) is 478 cm³/mol. The normalized spacial score (nSPS) is 14.1. The number of fused-ring (bicyclic) bond motifs is 20. The predicted octanol–water partition coefficient (Wildman–Crippen LogP) is 33.4. The van der Waals surface area contributed by atoms with E-state index in [4.69, 9.17) is 8.83 Å². The van der Waals surface area contributed by atoms with Crippen molar-refractivity contribution in [2.45, 2.75) is 258 Å². The quantitative estimate of drug-likeness (QED) is 0.0303. The molecule has 2 heterocycles. The first kappa shape index (κ1) is 74.3. The molecular formula is C108H117NO2. The number of furan rings is 2. The molecule has 0 aliphatic heterocycles. The van der Waals surface area contributed by atoms with Gasteiger partial charge in [0.05, 0.1) is 5.69 Å². The van der Waals surface area contributed by atoms with E-state index in [2.05, 4.69) is 273 Å². The molecule has 12 aromatic carbocycles. The second-order valence-electron chi connectivity index (χ2n) is 34.7. The number of para-hydroxylation sites is 2. The van der Waals surface area contributed by atoms with Gasteiger partial charge in [0.2, 0.25) is 0 Å². The summed E-state index contributed by atoms with van der Waals surface area (Å²) in [5, 5.41) is 9.95. The summed E-state index contributed by atoms with van der Waals surface area (Å²) in [6.07, 6.45) is 35.5. The Hall–Kier alpha value is -9.44. The van der Waals surface area contributed by atoms with Crippen LogP contribution in [0.2, 0.25) is 0 Å². The van der Waals surface area contributed by atoms with Crippen molar-refractivity contribution in [1.82, 2.24) is 0 Å². The van der Waals surface area contributed by atoms with Crippen LogP contribution in [0.15, 0.2) is 215 Å². The van der Waals surface area contributed by atoms with Gasteiger partial charge in [-0.15, -0.1) is 0 Å². The Kier molecular flexibility index (Phi) is 21.2. The van der Waals surface area contributed by atoms with E-state index in [0.29, 0.717) is 0 Å². The zero-order valence-electron chi connectivity index (χ0n) is 68.2. The van der Waals surface area contributed by atoms with Crippen LogP contribution in [0, 0.1) is 20.8 Å². The highest BCUT2D eigenvalue weighted by Crippen LogP contribution is 2.64. The third-order valence-corrected chi connectivity index (χ3v) is 27.1. The number of benzene rings is 12. The monoisotopic (exact) mass is 1460 g/mol. The number of anilines is 3. The molecule has 0 N–H and O–H groups in total. The lowest BCUT2D eigenvalue weighted by molar-refractivity contribution is 0.394. The van der Waals surface area contributed by atoms with Gasteiger partial charge in [-0.2, -0.15) is 0 Å². The summed E-state index contributed by atoms with van der Waals surface area (Å²) < 4.78 is 14.2. The molecule has 0 bridgehead atoms. The lowest BCUT2D eigenvalue weighted by atomic mass is 9.68. The zero-order chi connectivity index (χ0) is 76.0. The van der Waals surface area contributed by atoms with Gasteiger partial charge in [-0.3, -0.25) is 0 Å². The Morgan fingerprint density at radius 1 is 0.297 bits per heavy atom. The van der Waals surface area contributed by atoms with Gasteiger partial charge in [-0.25, -0.2) is 0 Å². The first-order valence-corrected chi connectivity index (χ1v) is 43.7. The van der Waals surface area contributed by atoms with Gasteiger partial charge >= 0.3 is 0 Å². The van der Waals surface area contributed by atoms with Crippen LogP contribution in [-0.2, 0) is 16.2 Å². The van der Waals surface area contributed by atoms with Gasteiger partial charge in [0, 0.05) is 54.7 Å². The SMILES string of the molecule is CCCCCCCCC1(CCCCCCCC)c2cc(N(c3ccc4c(c3)C(C)(C)c3cc(-c5ccc6cc(-c7ccccc7)c7ccccc7c6c5)c5oc6ccccc6c5c3-4)c3c(C)cc(C)cc3C)ccc2-c2cc3c(cc21)-c1c(ccc2oc4ccccc4c12)C3(CCCCCCCC)CCCCCCCC. The fourth-order valence-corrected chi connectivity index (χ4v) is 21.6. The smallest absolute Gasteiger partial charge is 0.143 e. The molecule has 2 aromatic heterocycles. The lowest BCUT2D eigenvalue weighted by Crippen LogP contribution is -2.27. The molecule has 3 aliphatic rings. The molecule has 566 valence electrons. The Labute approximate surface area is 662 Å². The maximum Gasteiger partial charge on any atom is 0.143 e. The molecule has 0 saturated heterocycles.